The predicted molar refractivity (Wildman–Crippen MR) is 132 cm³/mol. The molecule has 0 spiro atoms. The lowest BCUT2D eigenvalue weighted by molar-refractivity contribution is -0.131. The zero-order valence-corrected chi connectivity index (χ0v) is 19.1. The Morgan fingerprint density at radius 2 is 1.85 bits per heavy atom. The molecule has 0 fully saturated rings. The van der Waals surface area contributed by atoms with Crippen LogP contribution in [0.5, 0.6) is 0 Å². The van der Waals surface area contributed by atoms with Crippen LogP contribution in [0.15, 0.2) is 66.9 Å². The molecule has 0 atom stereocenters. The van der Waals surface area contributed by atoms with Gasteiger partial charge in [0.15, 0.2) is 0 Å². The number of aliphatic carboxylic acids is 1. The van der Waals surface area contributed by atoms with Crippen LogP contribution >= 0.6 is 23.2 Å². The average Bonchev–Trinajstić information content (AvgIpc) is 3.26. The van der Waals surface area contributed by atoms with Gasteiger partial charge in [-0.3, -0.25) is 5.10 Å². The molecular formula is C26H19Cl2FN2O2. The molecule has 0 saturated heterocycles. The molecule has 1 aromatic heterocycles. The summed E-state index contributed by atoms with van der Waals surface area (Å²) in [6.45, 7) is 2.01. The molecule has 4 nitrogen and oxygen atoms in total. The van der Waals surface area contributed by atoms with Crippen LogP contribution in [-0.2, 0) is 4.79 Å². The number of nitrogens with one attached hydrogen (secondary N) is 1. The molecule has 33 heavy (non-hydrogen) atoms. The lowest BCUT2D eigenvalue weighted by Gasteiger charge is -2.18. The SMILES string of the molecule is CCC(=C(c1ccc(C=CC(=O)O)cc1)c1cc(F)c2[nH]ncc2c1)c1ccc(Cl)cc1Cl. The largest absolute Gasteiger partial charge is 0.478 e. The van der Waals surface area contributed by atoms with Crippen LogP contribution in [0.2, 0.25) is 10.0 Å². The van der Waals surface area contributed by atoms with Crippen molar-refractivity contribution in [2.24, 2.45) is 0 Å². The quantitative estimate of drug-likeness (QED) is 0.222. The van der Waals surface area contributed by atoms with E-state index in [4.69, 9.17) is 28.3 Å². The number of halogens is 3. The fourth-order valence-electron chi connectivity index (χ4n) is 3.84. The van der Waals surface area contributed by atoms with E-state index in [-0.39, 0.29) is 0 Å². The number of carboxylic acid groups (broad SMARTS) is 1. The van der Waals surface area contributed by atoms with Crippen LogP contribution in [0.3, 0.4) is 0 Å². The number of allylic oxidation sites excluding steroid dienone is 1. The smallest absolute Gasteiger partial charge is 0.328 e. The van der Waals surface area contributed by atoms with Gasteiger partial charge >= 0.3 is 5.97 Å². The maximum absolute atomic E-state index is 14.9. The number of carbonyl (C=O) groups is 1. The third-order valence-electron chi connectivity index (χ3n) is 5.32. The first-order chi connectivity index (χ1) is 15.9. The van der Waals surface area contributed by atoms with Crippen molar-refractivity contribution in [3.63, 3.8) is 0 Å². The molecule has 0 bridgehead atoms. The van der Waals surface area contributed by atoms with Crippen molar-refractivity contribution in [3.05, 3.63) is 105 Å². The molecule has 3 aromatic carbocycles. The van der Waals surface area contributed by atoms with Gasteiger partial charge in [-0.2, -0.15) is 5.10 Å². The third kappa shape index (κ3) is 4.85. The number of H-pyrrole nitrogens is 1. The summed E-state index contributed by atoms with van der Waals surface area (Å²) in [7, 11) is 0. The van der Waals surface area contributed by atoms with Gasteiger partial charge in [0.05, 0.1) is 6.20 Å². The number of hydrogen-bond donors (Lipinski definition) is 2. The van der Waals surface area contributed by atoms with Gasteiger partial charge in [0, 0.05) is 21.5 Å². The van der Waals surface area contributed by atoms with Crippen molar-refractivity contribution in [3.8, 4) is 0 Å². The minimum Gasteiger partial charge on any atom is -0.478 e. The summed E-state index contributed by atoms with van der Waals surface area (Å²) in [5.41, 5.74) is 5.14. The van der Waals surface area contributed by atoms with Gasteiger partial charge in [-0.05, 0) is 70.2 Å². The number of nitrogens with zero attached hydrogens (tertiary/aromatic N) is 1. The first-order valence-corrected chi connectivity index (χ1v) is 11.0. The summed E-state index contributed by atoms with van der Waals surface area (Å²) < 4.78 is 14.9. The Morgan fingerprint density at radius 3 is 2.52 bits per heavy atom. The second-order valence-electron chi connectivity index (χ2n) is 7.42. The number of benzene rings is 3. The monoisotopic (exact) mass is 480 g/mol. The van der Waals surface area contributed by atoms with E-state index < -0.39 is 11.8 Å². The van der Waals surface area contributed by atoms with Crippen LogP contribution in [-0.4, -0.2) is 21.3 Å². The Bertz CT molecular complexity index is 1410. The summed E-state index contributed by atoms with van der Waals surface area (Å²) in [6, 6.07) is 16.1. The summed E-state index contributed by atoms with van der Waals surface area (Å²) >= 11 is 12.7. The Labute approximate surface area is 200 Å². The predicted octanol–water partition coefficient (Wildman–Crippen LogP) is 7.48. The van der Waals surface area contributed by atoms with Crippen LogP contribution in [0.25, 0.3) is 28.1 Å². The normalized spacial score (nSPS) is 12.4. The highest BCUT2D eigenvalue weighted by atomic mass is 35.5. The zero-order chi connectivity index (χ0) is 23.5. The van der Waals surface area contributed by atoms with Gasteiger partial charge in [0.2, 0.25) is 0 Å². The average molecular weight is 481 g/mol. The minimum atomic E-state index is -1.02. The second-order valence-corrected chi connectivity index (χ2v) is 8.26. The van der Waals surface area contributed by atoms with Gasteiger partial charge in [0.25, 0.3) is 0 Å². The van der Waals surface area contributed by atoms with E-state index in [0.29, 0.717) is 32.9 Å². The van der Waals surface area contributed by atoms with Crippen molar-refractivity contribution < 1.29 is 14.3 Å². The Morgan fingerprint density at radius 1 is 1.09 bits per heavy atom. The van der Waals surface area contributed by atoms with Crippen LogP contribution in [0.1, 0.15) is 35.6 Å². The van der Waals surface area contributed by atoms with E-state index in [1.165, 1.54) is 12.1 Å². The van der Waals surface area contributed by atoms with E-state index in [9.17, 15) is 9.18 Å². The van der Waals surface area contributed by atoms with E-state index in [0.717, 1.165) is 33.9 Å². The molecule has 0 saturated carbocycles. The molecule has 0 aliphatic rings. The number of aromatic nitrogens is 2. The first kappa shape index (κ1) is 22.8. The molecule has 0 unspecified atom stereocenters. The molecule has 0 aliphatic heterocycles. The molecule has 7 heteroatoms. The van der Waals surface area contributed by atoms with Crippen molar-refractivity contribution in [1.82, 2.24) is 10.2 Å². The third-order valence-corrected chi connectivity index (χ3v) is 5.87. The van der Waals surface area contributed by atoms with Gasteiger partial charge < -0.3 is 5.11 Å². The Kier molecular flexibility index (Phi) is 6.63. The zero-order valence-electron chi connectivity index (χ0n) is 17.6. The lowest BCUT2D eigenvalue weighted by Crippen LogP contribution is -1.97. The first-order valence-electron chi connectivity index (χ1n) is 10.2. The molecule has 166 valence electrons. The number of carboxylic acids is 1. The fourth-order valence-corrected chi connectivity index (χ4v) is 4.36. The van der Waals surface area contributed by atoms with Crippen LogP contribution in [0.4, 0.5) is 4.39 Å². The van der Waals surface area contributed by atoms with Crippen molar-refractivity contribution >= 4 is 57.3 Å². The Balaban J connectivity index is 1.97. The summed E-state index contributed by atoms with van der Waals surface area (Å²) in [4.78, 5) is 10.8. The molecule has 4 rings (SSSR count). The molecule has 2 N–H and O–H groups in total. The standard InChI is InChI=1S/C26H19Cl2FN2O2/c1-2-20(21-9-8-19(27)13-22(21)28)25(16-6-3-15(4-7-16)5-10-24(32)33)17-11-18-14-30-31-26(18)23(29)12-17/h3-14H,2H2,1H3,(H,30,31)(H,32,33). The lowest BCUT2D eigenvalue weighted by atomic mass is 9.87. The molecule has 1 heterocycles. The van der Waals surface area contributed by atoms with Crippen molar-refractivity contribution in [2.45, 2.75) is 13.3 Å². The van der Waals surface area contributed by atoms with Gasteiger partial charge in [-0.15, -0.1) is 0 Å². The maximum atomic E-state index is 14.9. The molecule has 0 radical (unpaired) electrons. The Hall–Kier alpha value is -3.41. The summed E-state index contributed by atoms with van der Waals surface area (Å²) in [5, 5.41) is 17.2. The van der Waals surface area contributed by atoms with Crippen molar-refractivity contribution in [2.75, 3.05) is 0 Å². The van der Waals surface area contributed by atoms with E-state index >= 15 is 0 Å². The molecule has 0 aliphatic carbocycles. The number of rotatable bonds is 6. The van der Waals surface area contributed by atoms with Gasteiger partial charge in [0.1, 0.15) is 11.3 Å². The maximum Gasteiger partial charge on any atom is 0.328 e. The molecular weight excluding hydrogens is 462 g/mol. The van der Waals surface area contributed by atoms with Gasteiger partial charge in [-0.25, -0.2) is 9.18 Å². The highest BCUT2D eigenvalue weighted by Gasteiger charge is 2.18. The van der Waals surface area contributed by atoms with E-state index in [1.807, 2.05) is 43.3 Å². The highest BCUT2D eigenvalue weighted by Crippen LogP contribution is 2.39. The number of hydrogen-bond acceptors (Lipinski definition) is 2. The summed E-state index contributed by atoms with van der Waals surface area (Å²) in [6.07, 6.45) is 4.81. The fraction of sp³-hybridized carbons (Fsp3) is 0.0769. The molecule has 0 amide bonds. The van der Waals surface area contributed by atoms with Crippen LogP contribution in [0, 0.1) is 5.82 Å². The van der Waals surface area contributed by atoms with Crippen molar-refractivity contribution in [1.29, 1.82) is 0 Å². The number of aromatic amines is 1. The second kappa shape index (κ2) is 9.61. The summed E-state index contributed by atoms with van der Waals surface area (Å²) in [5.74, 6) is -1.43. The topological polar surface area (TPSA) is 66.0 Å². The van der Waals surface area contributed by atoms with E-state index in [1.54, 1.807) is 18.3 Å². The molecule has 4 aromatic rings. The highest BCUT2D eigenvalue weighted by molar-refractivity contribution is 6.36. The van der Waals surface area contributed by atoms with E-state index in [2.05, 4.69) is 10.2 Å². The van der Waals surface area contributed by atoms with Crippen LogP contribution < -0.4 is 0 Å². The number of fused-ring (bicyclic) bond motifs is 1. The minimum absolute atomic E-state index is 0.342. The van der Waals surface area contributed by atoms with Gasteiger partial charge in [-0.1, -0.05) is 60.5 Å².